The lowest BCUT2D eigenvalue weighted by Crippen LogP contribution is -2.01. The third-order valence-corrected chi connectivity index (χ3v) is 5.61. The normalized spacial score (nSPS) is 11.2. The summed E-state index contributed by atoms with van der Waals surface area (Å²) in [7, 11) is 1.77. The molecule has 5 aromatic rings. The van der Waals surface area contributed by atoms with Crippen LogP contribution in [0.25, 0.3) is 43.5 Å². The minimum Gasteiger partial charge on any atom is -0.373 e. The number of halogens is 1. The molecule has 3 heterocycles. The van der Waals surface area contributed by atoms with Crippen LogP contribution in [0.2, 0.25) is 0 Å². The van der Waals surface area contributed by atoms with Crippen molar-refractivity contribution >= 4 is 38.1 Å². The smallest absolute Gasteiger partial charge is 0.163 e. The summed E-state index contributed by atoms with van der Waals surface area (Å²) in [5.74, 6) is 0.676. The molecule has 5 rings (SSSR count). The summed E-state index contributed by atoms with van der Waals surface area (Å²) in [5, 5.41) is 6.90. The molecule has 0 fully saturated rings. The molecule has 0 spiro atoms. The van der Waals surface area contributed by atoms with E-state index in [0.717, 1.165) is 21.2 Å². The minimum absolute atomic E-state index is 0.293. The van der Waals surface area contributed by atoms with Crippen LogP contribution in [0.15, 0.2) is 66.3 Å². The van der Waals surface area contributed by atoms with Gasteiger partial charge >= 0.3 is 0 Å². The van der Waals surface area contributed by atoms with Crippen LogP contribution in [0.5, 0.6) is 0 Å². The van der Waals surface area contributed by atoms with E-state index in [0.29, 0.717) is 28.1 Å². The van der Waals surface area contributed by atoms with Crippen molar-refractivity contribution in [2.75, 3.05) is 12.4 Å². The van der Waals surface area contributed by atoms with Crippen LogP contribution in [0.1, 0.15) is 0 Å². The van der Waals surface area contributed by atoms with Gasteiger partial charge in [-0.1, -0.05) is 18.2 Å². The van der Waals surface area contributed by atoms with Gasteiger partial charge in [-0.05, 0) is 46.7 Å². The van der Waals surface area contributed by atoms with Gasteiger partial charge in [-0.15, -0.1) is 11.3 Å². The lowest BCUT2D eigenvalue weighted by Gasteiger charge is -2.11. The van der Waals surface area contributed by atoms with Gasteiger partial charge in [0.05, 0.1) is 0 Å². The summed E-state index contributed by atoms with van der Waals surface area (Å²) in [6.07, 6.45) is 3.36. The lowest BCUT2D eigenvalue weighted by atomic mass is 10.0. The zero-order valence-electron chi connectivity index (χ0n) is 15.0. The first-order valence-corrected chi connectivity index (χ1v) is 9.68. The first-order valence-electron chi connectivity index (χ1n) is 8.80. The number of pyridine rings is 1. The number of anilines is 1. The van der Waals surface area contributed by atoms with Crippen molar-refractivity contribution in [3.8, 4) is 22.5 Å². The predicted molar refractivity (Wildman–Crippen MR) is 113 cm³/mol. The number of nitrogens with one attached hydrogen (secondary N) is 1. The fourth-order valence-corrected chi connectivity index (χ4v) is 4.15. The quantitative estimate of drug-likeness (QED) is 0.429. The molecule has 6 heteroatoms. The summed E-state index contributed by atoms with van der Waals surface area (Å²) in [6.45, 7) is 0. The van der Waals surface area contributed by atoms with Crippen LogP contribution >= 0.6 is 11.3 Å². The molecule has 0 saturated heterocycles. The molecule has 0 aliphatic carbocycles. The second-order valence-electron chi connectivity index (χ2n) is 6.38. The Bertz CT molecular complexity index is 1310. The van der Waals surface area contributed by atoms with Crippen LogP contribution in [0.4, 0.5) is 10.2 Å². The maximum atomic E-state index is 15.6. The van der Waals surface area contributed by atoms with Crippen molar-refractivity contribution in [3.05, 3.63) is 72.1 Å². The maximum absolute atomic E-state index is 15.6. The highest BCUT2D eigenvalue weighted by atomic mass is 32.1. The van der Waals surface area contributed by atoms with Gasteiger partial charge in [0.1, 0.15) is 11.3 Å². The molecule has 0 unspecified atom stereocenters. The standard InChI is InChI=1S/C22H15FN4S/c1-24-22-17-7-6-16(14-5-4-13-8-10-28-18(13)11-14)19(23)20(17)26-21(27-22)15-3-2-9-25-12-15/h2-12H,1H3,(H,24,26,27). The predicted octanol–water partition coefficient (Wildman–Crippen LogP) is 5.75. The number of thiophene rings is 1. The molecule has 1 N–H and O–H groups in total. The second-order valence-corrected chi connectivity index (χ2v) is 7.33. The van der Waals surface area contributed by atoms with E-state index in [1.807, 2.05) is 41.8 Å². The highest BCUT2D eigenvalue weighted by molar-refractivity contribution is 7.17. The molecule has 0 atom stereocenters. The topological polar surface area (TPSA) is 50.7 Å². The zero-order valence-corrected chi connectivity index (χ0v) is 15.8. The number of hydrogen-bond donors (Lipinski definition) is 1. The molecule has 0 saturated carbocycles. The number of nitrogens with zero attached hydrogens (tertiary/aromatic N) is 3. The Balaban J connectivity index is 1.75. The average molecular weight is 386 g/mol. The molecular formula is C22H15FN4S. The van der Waals surface area contributed by atoms with Crippen molar-refractivity contribution in [1.82, 2.24) is 15.0 Å². The monoisotopic (exact) mass is 386 g/mol. The van der Waals surface area contributed by atoms with Gasteiger partial charge < -0.3 is 5.32 Å². The molecule has 0 aliphatic heterocycles. The van der Waals surface area contributed by atoms with Gasteiger partial charge in [0.2, 0.25) is 0 Å². The van der Waals surface area contributed by atoms with Crippen molar-refractivity contribution in [1.29, 1.82) is 0 Å². The first kappa shape index (κ1) is 16.8. The number of hydrogen-bond acceptors (Lipinski definition) is 5. The molecule has 0 radical (unpaired) electrons. The van der Waals surface area contributed by atoms with E-state index >= 15 is 4.39 Å². The third kappa shape index (κ3) is 2.70. The molecule has 3 aromatic heterocycles. The summed E-state index contributed by atoms with van der Waals surface area (Å²) in [4.78, 5) is 13.2. The van der Waals surface area contributed by atoms with Crippen LogP contribution < -0.4 is 5.32 Å². The van der Waals surface area contributed by atoms with E-state index in [4.69, 9.17) is 0 Å². The maximum Gasteiger partial charge on any atom is 0.163 e. The van der Waals surface area contributed by atoms with E-state index < -0.39 is 0 Å². The highest BCUT2D eigenvalue weighted by Crippen LogP contribution is 2.34. The number of fused-ring (bicyclic) bond motifs is 2. The Kier molecular flexibility index (Phi) is 3.98. The largest absolute Gasteiger partial charge is 0.373 e. The summed E-state index contributed by atoms with van der Waals surface area (Å²) < 4.78 is 16.7. The highest BCUT2D eigenvalue weighted by Gasteiger charge is 2.16. The zero-order chi connectivity index (χ0) is 19.1. The van der Waals surface area contributed by atoms with E-state index in [1.54, 1.807) is 36.8 Å². The molecular weight excluding hydrogens is 371 g/mol. The van der Waals surface area contributed by atoms with E-state index in [-0.39, 0.29) is 5.82 Å². The van der Waals surface area contributed by atoms with Crippen LogP contribution in [0.3, 0.4) is 0 Å². The second kappa shape index (κ2) is 6.65. The summed E-state index contributed by atoms with van der Waals surface area (Å²) >= 11 is 1.65. The van der Waals surface area contributed by atoms with E-state index in [1.165, 1.54) is 0 Å². The number of benzene rings is 2. The van der Waals surface area contributed by atoms with E-state index in [9.17, 15) is 0 Å². The van der Waals surface area contributed by atoms with Gasteiger partial charge in [0, 0.05) is 40.7 Å². The molecule has 2 aromatic carbocycles. The van der Waals surface area contributed by atoms with Gasteiger partial charge in [-0.25, -0.2) is 14.4 Å². The Hall–Kier alpha value is -3.38. The summed E-state index contributed by atoms with van der Waals surface area (Å²) in [6, 6.07) is 15.4. The van der Waals surface area contributed by atoms with Crippen molar-refractivity contribution in [2.24, 2.45) is 0 Å². The third-order valence-electron chi connectivity index (χ3n) is 4.73. The van der Waals surface area contributed by atoms with Crippen molar-refractivity contribution < 1.29 is 4.39 Å². The molecule has 28 heavy (non-hydrogen) atoms. The van der Waals surface area contributed by atoms with Gasteiger partial charge in [0.25, 0.3) is 0 Å². The van der Waals surface area contributed by atoms with Crippen molar-refractivity contribution in [3.63, 3.8) is 0 Å². The Morgan fingerprint density at radius 2 is 1.93 bits per heavy atom. The minimum atomic E-state index is -0.350. The Morgan fingerprint density at radius 1 is 1.00 bits per heavy atom. The SMILES string of the molecule is CNc1nc(-c2cccnc2)nc2c(F)c(-c3ccc4ccsc4c3)ccc12. The molecule has 136 valence electrons. The van der Waals surface area contributed by atoms with Gasteiger partial charge in [0.15, 0.2) is 11.6 Å². The number of aromatic nitrogens is 3. The first-order chi connectivity index (χ1) is 13.7. The van der Waals surface area contributed by atoms with E-state index in [2.05, 4.69) is 26.3 Å². The number of rotatable bonds is 3. The summed E-state index contributed by atoms with van der Waals surface area (Å²) in [5.41, 5.74) is 2.40. The molecule has 0 bridgehead atoms. The van der Waals surface area contributed by atoms with Gasteiger partial charge in [-0.3, -0.25) is 4.98 Å². The van der Waals surface area contributed by atoms with Crippen LogP contribution in [-0.2, 0) is 0 Å². The Labute approximate surface area is 164 Å². The molecule has 0 amide bonds. The average Bonchev–Trinajstić information content (AvgIpc) is 3.22. The molecule has 4 nitrogen and oxygen atoms in total. The molecule has 0 aliphatic rings. The lowest BCUT2D eigenvalue weighted by molar-refractivity contribution is 0.640. The van der Waals surface area contributed by atoms with Crippen molar-refractivity contribution in [2.45, 2.75) is 0 Å². The Morgan fingerprint density at radius 3 is 2.75 bits per heavy atom. The van der Waals surface area contributed by atoms with Crippen LogP contribution in [-0.4, -0.2) is 22.0 Å². The fraction of sp³-hybridized carbons (Fsp3) is 0.0455. The fourth-order valence-electron chi connectivity index (χ4n) is 3.32. The van der Waals surface area contributed by atoms with Crippen LogP contribution in [0, 0.1) is 5.82 Å². The van der Waals surface area contributed by atoms with Gasteiger partial charge in [-0.2, -0.15) is 0 Å².